The lowest BCUT2D eigenvalue weighted by molar-refractivity contribution is -0.384. The third-order valence-electron chi connectivity index (χ3n) is 2.63. The van der Waals surface area contributed by atoms with Crippen LogP contribution in [0.1, 0.15) is 37.7 Å². The highest BCUT2D eigenvalue weighted by molar-refractivity contribution is 5.86. The lowest BCUT2D eigenvalue weighted by atomic mass is 10.0. The van der Waals surface area contributed by atoms with Gasteiger partial charge >= 0.3 is 11.7 Å². The first-order chi connectivity index (χ1) is 8.26. The van der Waals surface area contributed by atoms with Gasteiger partial charge in [0.15, 0.2) is 5.69 Å². The molecule has 1 aromatic rings. The fourth-order valence-corrected chi connectivity index (χ4v) is 1.22. The molecule has 7 heteroatoms. The maximum absolute atomic E-state index is 10.9. The van der Waals surface area contributed by atoms with E-state index in [1.54, 1.807) is 0 Å². The Labute approximate surface area is 104 Å². The van der Waals surface area contributed by atoms with Crippen LogP contribution < -0.4 is 5.32 Å². The molecule has 0 aromatic carbocycles. The minimum Gasteiger partial charge on any atom is -0.477 e. The van der Waals surface area contributed by atoms with Crippen molar-refractivity contribution in [2.75, 3.05) is 5.32 Å². The summed E-state index contributed by atoms with van der Waals surface area (Å²) in [6, 6.07) is 2.26. The highest BCUT2D eigenvalue weighted by Crippen LogP contribution is 2.26. The number of aromatic carboxylic acids is 1. The third kappa shape index (κ3) is 3.16. The topological polar surface area (TPSA) is 105 Å². The number of carbonyl (C=O) groups is 1. The van der Waals surface area contributed by atoms with Crippen LogP contribution in [0.15, 0.2) is 12.1 Å². The summed E-state index contributed by atoms with van der Waals surface area (Å²) in [4.78, 5) is 24.8. The van der Waals surface area contributed by atoms with E-state index in [2.05, 4.69) is 10.3 Å². The van der Waals surface area contributed by atoms with E-state index in [0.29, 0.717) is 6.42 Å². The van der Waals surface area contributed by atoms with Gasteiger partial charge in [0, 0.05) is 11.6 Å². The number of nitrogens with one attached hydrogen (secondary N) is 1. The molecule has 98 valence electrons. The molecule has 0 atom stereocenters. The molecule has 0 aliphatic rings. The van der Waals surface area contributed by atoms with E-state index in [1.165, 1.54) is 0 Å². The Morgan fingerprint density at radius 3 is 2.61 bits per heavy atom. The van der Waals surface area contributed by atoms with Crippen molar-refractivity contribution in [3.05, 3.63) is 27.9 Å². The molecule has 2 N–H and O–H groups in total. The molecule has 1 heterocycles. The van der Waals surface area contributed by atoms with Gasteiger partial charge in [0.25, 0.3) is 0 Å². The van der Waals surface area contributed by atoms with Gasteiger partial charge in [-0.2, -0.15) is 0 Å². The van der Waals surface area contributed by atoms with Gasteiger partial charge < -0.3 is 10.4 Å². The number of hydrogen-bond donors (Lipinski definition) is 2. The van der Waals surface area contributed by atoms with Gasteiger partial charge in [-0.25, -0.2) is 9.78 Å². The summed E-state index contributed by atoms with van der Waals surface area (Å²) >= 11 is 0. The summed E-state index contributed by atoms with van der Waals surface area (Å²) in [5, 5.41) is 22.6. The van der Waals surface area contributed by atoms with Gasteiger partial charge in [-0.3, -0.25) is 10.1 Å². The minimum absolute atomic E-state index is 0.0215. The van der Waals surface area contributed by atoms with Crippen LogP contribution in [0.25, 0.3) is 0 Å². The quantitative estimate of drug-likeness (QED) is 0.616. The molecule has 18 heavy (non-hydrogen) atoms. The molecule has 1 aromatic heterocycles. The second-order valence-electron chi connectivity index (χ2n) is 4.49. The maximum atomic E-state index is 10.9. The standard InChI is InChI=1S/C11H15N3O4/c1-4-11(2,3)13-9-8(14(17)18)6-5-7(12-9)10(15)16/h5-6H,4H2,1-3H3,(H,12,13)(H,15,16). The highest BCUT2D eigenvalue weighted by atomic mass is 16.6. The van der Waals surface area contributed by atoms with E-state index < -0.39 is 16.4 Å². The molecule has 0 saturated carbocycles. The Kier molecular flexibility index (Phi) is 3.85. The summed E-state index contributed by atoms with van der Waals surface area (Å²) in [6.07, 6.45) is 0.711. The van der Waals surface area contributed by atoms with Crippen LogP contribution in [0.5, 0.6) is 0 Å². The number of carboxylic acids is 1. The summed E-state index contributed by atoms with van der Waals surface area (Å²) in [5.41, 5.74) is -0.869. The zero-order chi connectivity index (χ0) is 13.9. The smallest absolute Gasteiger partial charge is 0.354 e. The molecule has 0 bridgehead atoms. The average molecular weight is 253 g/mol. The van der Waals surface area contributed by atoms with E-state index >= 15 is 0 Å². The van der Waals surface area contributed by atoms with Crippen LogP contribution in [-0.4, -0.2) is 26.5 Å². The number of nitro groups is 1. The second kappa shape index (κ2) is 4.99. The van der Waals surface area contributed by atoms with E-state index in [-0.39, 0.29) is 17.2 Å². The molecule has 0 spiro atoms. The van der Waals surface area contributed by atoms with Crippen LogP contribution in [0.3, 0.4) is 0 Å². The normalized spacial score (nSPS) is 11.1. The first kappa shape index (κ1) is 13.9. The molecule has 7 nitrogen and oxygen atoms in total. The second-order valence-corrected chi connectivity index (χ2v) is 4.49. The number of hydrogen-bond acceptors (Lipinski definition) is 5. The van der Waals surface area contributed by atoms with Crippen molar-refractivity contribution < 1.29 is 14.8 Å². The Morgan fingerprint density at radius 2 is 2.17 bits per heavy atom. The van der Waals surface area contributed by atoms with Crippen molar-refractivity contribution in [3.8, 4) is 0 Å². The first-order valence-electron chi connectivity index (χ1n) is 5.44. The zero-order valence-corrected chi connectivity index (χ0v) is 10.4. The average Bonchev–Trinajstić information content (AvgIpc) is 2.28. The Morgan fingerprint density at radius 1 is 1.56 bits per heavy atom. The van der Waals surface area contributed by atoms with E-state index in [0.717, 1.165) is 12.1 Å². The van der Waals surface area contributed by atoms with Crippen LogP contribution in [0.4, 0.5) is 11.5 Å². The SMILES string of the molecule is CCC(C)(C)Nc1nc(C(=O)O)ccc1[N+](=O)[O-]. The van der Waals surface area contributed by atoms with Gasteiger partial charge in [-0.1, -0.05) is 6.92 Å². The highest BCUT2D eigenvalue weighted by Gasteiger charge is 2.23. The molecule has 0 aliphatic carbocycles. The molecule has 0 amide bonds. The van der Waals surface area contributed by atoms with E-state index in [4.69, 9.17) is 5.11 Å². The first-order valence-corrected chi connectivity index (χ1v) is 5.44. The van der Waals surface area contributed by atoms with Crippen LogP contribution in [0.2, 0.25) is 0 Å². The minimum atomic E-state index is -1.22. The molecule has 0 saturated heterocycles. The summed E-state index contributed by atoms with van der Waals surface area (Å²) in [5.74, 6) is -1.24. The zero-order valence-electron chi connectivity index (χ0n) is 10.4. The number of pyridine rings is 1. The maximum Gasteiger partial charge on any atom is 0.354 e. The number of carboxylic acid groups (broad SMARTS) is 1. The summed E-state index contributed by atoms with van der Waals surface area (Å²) < 4.78 is 0. The van der Waals surface area contributed by atoms with Crippen molar-refractivity contribution in [2.24, 2.45) is 0 Å². The fraction of sp³-hybridized carbons (Fsp3) is 0.455. The van der Waals surface area contributed by atoms with Gasteiger partial charge in [0.1, 0.15) is 0 Å². The summed E-state index contributed by atoms with van der Waals surface area (Å²) in [7, 11) is 0. The number of aromatic nitrogens is 1. The van der Waals surface area contributed by atoms with Gasteiger partial charge in [-0.05, 0) is 26.3 Å². The molecular weight excluding hydrogens is 238 g/mol. The molecule has 0 radical (unpaired) electrons. The molecular formula is C11H15N3O4. The van der Waals surface area contributed by atoms with Gasteiger partial charge in [0.2, 0.25) is 5.82 Å². The van der Waals surface area contributed by atoms with Gasteiger partial charge in [0.05, 0.1) is 4.92 Å². The number of rotatable bonds is 5. The molecule has 1 rings (SSSR count). The summed E-state index contributed by atoms with van der Waals surface area (Å²) in [6.45, 7) is 5.62. The monoisotopic (exact) mass is 253 g/mol. The number of anilines is 1. The Balaban J connectivity index is 3.24. The Bertz CT molecular complexity index is 485. The molecule has 0 aliphatic heterocycles. The van der Waals surface area contributed by atoms with Crippen molar-refractivity contribution in [1.82, 2.24) is 4.98 Å². The van der Waals surface area contributed by atoms with Crippen molar-refractivity contribution >= 4 is 17.5 Å². The van der Waals surface area contributed by atoms with E-state index in [1.807, 2.05) is 20.8 Å². The lowest BCUT2D eigenvalue weighted by Crippen LogP contribution is -2.30. The fourth-order valence-electron chi connectivity index (χ4n) is 1.22. The van der Waals surface area contributed by atoms with Crippen molar-refractivity contribution in [3.63, 3.8) is 0 Å². The van der Waals surface area contributed by atoms with Crippen LogP contribution >= 0.6 is 0 Å². The van der Waals surface area contributed by atoms with Crippen LogP contribution in [0, 0.1) is 10.1 Å². The lowest BCUT2D eigenvalue weighted by Gasteiger charge is -2.24. The third-order valence-corrected chi connectivity index (χ3v) is 2.63. The Hall–Kier alpha value is -2.18. The molecule has 0 fully saturated rings. The predicted molar refractivity (Wildman–Crippen MR) is 65.8 cm³/mol. The largest absolute Gasteiger partial charge is 0.477 e. The van der Waals surface area contributed by atoms with Crippen molar-refractivity contribution in [1.29, 1.82) is 0 Å². The van der Waals surface area contributed by atoms with Crippen LogP contribution in [-0.2, 0) is 0 Å². The predicted octanol–water partition coefficient (Wildman–Crippen LogP) is 2.29. The van der Waals surface area contributed by atoms with Gasteiger partial charge in [-0.15, -0.1) is 0 Å². The van der Waals surface area contributed by atoms with Crippen molar-refractivity contribution in [2.45, 2.75) is 32.7 Å². The number of nitrogens with zero attached hydrogens (tertiary/aromatic N) is 2. The molecule has 0 unspecified atom stereocenters. The van der Waals surface area contributed by atoms with E-state index in [9.17, 15) is 14.9 Å².